The van der Waals surface area contributed by atoms with Crippen LogP contribution in [0.1, 0.15) is 5.56 Å². The Balaban J connectivity index is 2.49. The van der Waals surface area contributed by atoms with Crippen molar-refractivity contribution in [2.45, 2.75) is 0 Å². The molecule has 2 rings (SSSR count). The van der Waals surface area contributed by atoms with E-state index in [4.69, 9.17) is 4.74 Å². The summed E-state index contributed by atoms with van der Waals surface area (Å²) >= 11 is 3.29. The van der Waals surface area contributed by atoms with Crippen LogP contribution in [-0.4, -0.2) is 17.7 Å². The molecule has 0 radical (unpaired) electrons. The van der Waals surface area contributed by atoms with Crippen molar-refractivity contribution in [1.29, 1.82) is 0 Å². The second-order valence-electron chi connectivity index (χ2n) is 2.91. The molecule has 0 fully saturated rings. The lowest BCUT2D eigenvalue weighted by Crippen LogP contribution is -1.98. The molecule has 4 heteroatoms. The van der Waals surface area contributed by atoms with E-state index in [-0.39, 0.29) is 17.9 Å². The lowest BCUT2D eigenvalue weighted by Gasteiger charge is -1.99. The van der Waals surface area contributed by atoms with E-state index >= 15 is 0 Å². The second kappa shape index (κ2) is 3.46. The van der Waals surface area contributed by atoms with E-state index < -0.39 is 5.97 Å². The van der Waals surface area contributed by atoms with Gasteiger partial charge in [0.2, 0.25) is 0 Å². The summed E-state index contributed by atoms with van der Waals surface area (Å²) in [4.78, 5) is 11.2. The molecule has 0 atom stereocenters. The topological polar surface area (TPSA) is 46.5 Å². The zero-order chi connectivity index (χ0) is 10.1. The molecule has 0 amide bonds. The van der Waals surface area contributed by atoms with Crippen LogP contribution in [0.5, 0.6) is 0 Å². The summed E-state index contributed by atoms with van der Waals surface area (Å²) < 4.78 is 5.55. The van der Waals surface area contributed by atoms with Gasteiger partial charge in [-0.1, -0.05) is 28.1 Å². The molecular formula is C10H7BrO3. The van der Waals surface area contributed by atoms with Crippen LogP contribution in [0.25, 0.3) is 5.57 Å². The van der Waals surface area contributed by atoms with Crippen LogP contribution >= 0.6 is 15.9 Å². The highest BCUT2D eigenvalue weighted by Gasteiger charge is 2.25. The third-order valence-corrected chi connectivity index (χ3v) is 2.44. The quantitative estimate of drug-likeness (QED) is 0.783. The number of cyclic esters (lactones) is 1. The molecule has 0 saturated heterocycles. The van der Waals surface area contributed by atoms with Crippen molar-refractivity contribution in [2.24, 2.45) is 0 Å². The number of halogens is 1. The smallest absolute Gasteiger partial charge is 0.342 e. The summed E-state index contributed by atoms with van der Waals surface area (Å²) in [6.07, 6.45) is 0. The standard InChI is InChI=1S/C10H7BrO3/c11-7-3-1-2-6(4-7)9-8(12)5-14-10(9)13/h1-4,12H,5H2. The van der Waals surface area contributed by atoms with Gasteiger partial charge < -0.3 is 9.84 Å². The first kappa shape index (κ1) is 9.27. The van der Waals surface area contributed by atoms with Crippen LogP contribution < -0.4 is 0 Å². The maximum atomic E-state index is 11.2. The molecule has 3 nitrogen and oxygen atoms in total. The number of carbonyl (C=O) groups is 1. The second-order valence-corrected chi connectivity index (χ2v) is 3.82. The van der Waals surface area contributed by atoms with E-state index in [2.05, 4.69) is 15.9 Å². The Morgan fingerprint density at radius 1 is 1.43 bits per heavy atom. The monoisotopic (exact) mass is 254 g/mol. The third-order valence-electron chi connectivity index (χ3n) is 1.95. The molecule has 0 unspecified atom stereocenters. The average molecular weight is 255 g/mol. The van der Waals surface area contributed by atoms with Gasteiger partial charge in [-0.15, -0.1) is 0 Å². The number of ether oxygens (including phenoxy) is 1. The first-order valence-electron chi connectivity index (χ1n) is 4.03. The first-order valence-corrected chi connectivity index (χ1v) is 4.83. The Bertz CT molecular complexity index is 423. The number of esters is 1. The zero-order valence-corrected chi connectivity index (χ0v) is 8.74. The van der Waals surface area contributed by atoms with Crippen LogP contribution in [0, 0.1) is 0 Å². The Hall–Kier alpha value is -1.29. The van der Waals surface area contributed by atoms with Crippen LogP contribution in [-0.2, 0) is 9.53 Å². The molecule has 14 heavy (non-hydrogen) atoms. The number of carbonyl (C=O) groups excluding carboxylic acids is 1. The van der Waals surface area contributed by atoms with Gasteiger partial charge in [0.15, 0.2) is 0 Å². The summed E-state index contributed by atoms with van der Waals surface area (Å²) in [6, 6.07) is 7.16. The van der Waals surface area contributed by atoms with Gasteiger partial charge in [-0.25, -0.2) is 4.79 Å². The summed E-state index contributed by atoms with van der Waals surface area (Å²) in [5.74, 6) is -0.478. The average Bonchev–Trinajstić information content (AvgIpc) is 2.46. The fraction of sp³-hybridized carbons (Fsp3) is 0.100. The van der Waals surface area contributed by atoms with Crippen molar-refractivity contribution >= 4 is 27.5 Å². The number of aliphatic hydroxyl groups is 1. The molecule has 1 aliphatic rings. The molecule has 1 aromatic rings. The van der Waals surface area contributed by atoms with Gasteiger partial charge in [0.25, 0.3) is 0 Å². The van der Waals surface area contributed by atoms with Gasteiger partial charge in [0, 0.05) is 4.47 Å². The SMILES string of the molecule is O=C1OCC(O)=C1c1cccc(Br)c1. The maximum Gasteiger partial charge on any atom is 0.342 e. The highest BCUT2D eigenvalue weighted by Crippen LogP contribution is 2.26. The van der Waals surface area contributed by atoms with Crippen LogP contribution in [0.15, 0.2) is 34.5 Å². The molecule has 1 aromatic carbocycles. The molecule has 0 aliphatic carbocycles. The molecule has 0 saturated carbocycles. The molecule has 1 N–H and O–H groups in total. The van der Waals surface area contributed by atoms with Gasteiger partial charge in [-0.3, -0.25) is 0 Å². The summed E-state index contributed by atoms with van der Waals surface area (Å²) in [5, 5.41) is 9.42. The third kappa shape index (κ3) is 1.53. The normalized spacial score (nSPS) is 15.9. The predicted molar refractivity (Wildman–Crippen MR) is 54.6 cm³/mol. The Labute approximate surface area is 89.1 Å². The van der Waals surface area contributed by atoms with Gasteiger partial charge in [0.1, 0.15) is 17.9 Å². The maximum absolute atomic E-state index is 11.2. The summed E-state index contributed by atoms with van der Waals surface area (Å²) in [7, 11) is 0. The molecular weight excluding hydrogens is 248 g/mol. The van der Waals surface area contributed by atoms with Gasteiger partial charge >= 0.3 is 5.97 Å². The number of hydrogen-bond acceptors (Lipinski definition) is 3. The molecule has 1 aliphatic heterocycles. The minimum atomic E-state index is -0.472. The largest absolute Gasteiger partial charge is 0.508 e. The van der Waals surface area contributed by atoms with Crippen molar-refractivity contribution in [2.75, 3.05) is 6.61 Å². The first-order chi connectivity index (χ1) is 6.68. The van der Waals surface area contributed by atoms with Crippen molar-refractivity contribution in [3.8, 4) is 0 Å². The van der Waals surface area contributed by atoms with E-state index in [9.17, 15) is 9.90 Å². The van der Waals surface area contributed by atoms with Crippen molar-refractivity contribution < 1.29 is 14.6 Å². The predicted octanol–water partition coefficient (Wildman–Crippen LogP) is 2.28. The fourth-order valence-corrected chi connectivity index (χ4v) is 1.72. The number of aliphatic hydroxyl groups excluding tert-OH is 1. The molecule has 0 aromatic heterocycles. The van der Waals surface area contributed by atoms with Crippen molar-refractivity contribution in [3.05, 3.63) is 40.1 Å². The number of rotatable bonds is 1. The molecule has 0 spiro atoms. The summed E-state index contributed by atoms with van der Waals surface area (Å²) in [6.45, 7) is -0.0271. The van der Waals surface area contributed by atoms with Crippen LogP contribution in [0.4, 0.5) is 0 Å². The van der Waals surface area contributed by atoms with Crippen LogP contribution in [0.2, 0.25) is 0 Å². The minimum absolute atomic E-state index is 0.00639. The molecule has 72 valence electrons. The van der Waals surface area contributed by atoms with Crippen molar-refractivity contribution in [3.63, 3.8) is 0 Å². The molecule has 0 bridgehead atoms. The van der Waals surface area contributed by atoms with E-state index in [0.717, 1.165) is 4.47 Å². The Morgan fingerprint density at radius 3 is 2.79 bits per heavy atom. The Kier molecular flexibility index (Phi) is 2.29. The number of benzene rings is 1. The lowest BCUT2D eigenvalue weighted by molar-refractivity contribution is -0.134. The van der Waals surface area contributed by atoms with E-state index in [1.54, 1.807) is 18.2 Å². The lowest BCUT2D eigenvalue weighted by atomic mass is 10.1. The van der Waals surface area contributed by atoms with E-state index in [0.29, 0.717) is 5.56 Å². The highest BCUT2D eigenvalue weighted by molar-refractivity contribution is 9.10. The van der Waals surface area contributed by atoms with Gasteiger partial charge in [0.05, 0.1) is 0 Å². The van der Waals surface area contributed by atoms with E-state index in [1.807, 2.05) is 6.07 Å². The zero-order valence-electron chi connectivity index (χ0n) is 7.16. The van der Waals surface area contributed by atoms with E-state index in [1.165, 1.54) is 0 Å². The highest BCUT2D eigenvalue weighted by atomic mass is 79.9. The fourth-order valence-electron chi connectivity index (χ4n) is 1.32. The van der Waals surface area contributed by atoms with Gasteiger partial charge in [-0.2, -0.15) is 0 Å². The van der Waals surface area contributed by atoms with Crippen LogP contribution in [0.3, 0.4) is 0 Å². The molecule has 1 heterocycles. The number of hydrogen-bond donors (Lipinski definition) is 1. The van der Waals surface area contributed by atoms with Gasteiger partial charge in [-0.05, 0) is 17.7 Å². The Morgan fingerprint density at radius 2 is 2.21 bits per heavy atom. The minimum Gasteiger partial charge on any atom is -0.508 e. The van der Waals surface area contributed by atoms with Crippen molar-refractivity contribution in [1.82, 2.24) is 0 Å². The summed E-state index contributed by atoms with van der Waals surface area (Å²) in [5.41, 5.74) is 0.922.